The number of hydrogen-bond donors (Lipinski definition) is 1. The van der Waals surface area contributed by atoms with Gasteiger partial charge in [0.25, 0.3) is 0 Å². The molecule has 29 heavy (non-hydrogen) atoms. The van der Waals surface area contributed by atoms with E-state index in [4.69, 9.17) is 4.74 Å². The lowest BCUT2D eigenvalue weighted by Gasteiger charge is -2.09. The number of benzene rings is 1. The number of rotatable bonds is 4. The smallest absolute Gasteiger partial charge is 0.409 e. The molecule has 2 heterocycles. The van der Waals surface area contributed by atoms with Crippen molar-refractivity contribution in [2.24, 2.45) is 0 Å². The summed E-state index contributed by atoms with van der Waals surface area (Å²) in [5, 5.41) is 9.73. The van der Waals surface area contributed by atoms with E-state index in [0.717, 1.165) is 0 Å². The van der Waals surface area contributed by atoms with Gasteiger partial charge in [-0.1, -0.05) is 6.07 Å². The van der Waals surface area contributed by atoms with Crippen LogP contribution in [-0.4, -0.2) is 40.2 Å². The summed E-state index contributed by atoms with van der Waals surface area (Å²) < 4.78 is 46.6. The van der Waals surface area contributed by atoms with E-state index in [1.807, 2.05) is 0 Å². The average molecular weight is 423 g/mol. The number of phenols is 1. The molecule has 1 N–H and O–H groups in total. The van der Waals surface area contributed by atoms with Crippen molar-refractivity contribution in [3.05, 3.63) is 52.4 Å². The molecule has 2 aromatic heterocycles. The fraction of sp³-hybridized carbons (Fsp3) is 0.211. The number of halogens is 3. The lowest BCUT2D eigenvalue weighted by molar-refractivity contribution is 0.112. The van der Waals surface area contributed by atoms with Gasteiger partial charge in [-0.15, -0.1) is 11.3 Å². The summed E-state index contributed by atoms with van der Waals surface area (Å²) in [6.07, 6.45) is -0.508. The van der Waals surface area contributed by atoms with Crippen LogP contribution in [0.25, 0.3) is 21.8 Å². The largest absolute Gasteiger partial charge is 0.503 e. The van der Waals surface area contributed by atoms with Gasteiger partial charge in [-0.05, 0) is 25.1 Å². The number of phenolic OH excluding ortho intramolecular Hbond substituents is 1. The quantitative estimate of drug-likeness (QED) is 0.626. The van der Waals surface area contributed by atoms with Gasteiger partial charge >= 0.3 is 6.09 Å². The van der Waals surface area contributed by atoms with Gasteiger partial charge in [0.1, 0.15) is 11.6 Å². The second-order valence-corrected chi connectivity index (χ2v) is 7.35. The SMILES string of the molecule is Cc1nc(COC(=O)N(C)C)sc1-c1cccc(-c2cc(F)c(O)c(F)c2F)n1. The highest BCUT2D eigenvalue weighted by molar-refractivity contribution is 7.15. The van der Waals surface area contributed by atoms with Crippen LogP contribution >= 0.6 is 11.3 Å². The molecule has 0 bridgehead atoms. The Morgan fingerprint density at radius 1 is 1.17 bits per heavy atom. The Bertz CT molecular complexity index is 1090. The molecule has 1 amide bonds. The minimum Gasteiger partial charge on any atom is -0.503 e. The molecule has 0 aliphatic heterocycles. The molecule has 6 nitrogen and oxygen atoms in total. The van der Waals surface area contributed by atoms with Gasteiger partial charge < -0.3 is 14.7 Å². The van der Waals surface area contributed by atoms with E-state index in [2.05, 4.69) is 9.97 Å². The molecule has 0 spiro atoms. The van der Waals surface area contributed by atoms with Crippen LogP contribution in [0.5, 0.6) is 5.75 Å². The highest BCUT2D eigenvalue weighted by atomic mass is 32.1. The normalized spacial score (nSPS) is 10.8. The summed E-state index contributed by atoms with van der Waals surface area (Å²) in [4.78, 5) is 22.1. The van der Waals surface area contributed by atoms with Crippen molar-refractivity contribution in [2.45, 2.75) is 13.5 Å². The number of thiazole rings is 1. The number of aryl methyl sites for hydroxylation is 1. The molecule has 0 unspecified atom stereocenters. The van der Waals surface area contributed by atoms with Crippen LogP contribution in [0.4, 0.5) is 18.0 Å². The highest BCUT2D eigenvalue weighted by Crippen LogP contribution is 2.34. The number of nitrogens with zero attached hydrogens (tertiary/aromatic N) is 3. The first-order valence-corrected chi connectivity index (χ1v) is 9.15. The monoisotopic (exact) mass is 423 g/mol. The molecule has 0 aliphatic carbocycles. The molecule has 0 radical (unpaired) electrons. The predicted molar refractivity (Wildman–Crippen MR) is 101 cm³/mol. The van der Waals surface area contributed by atoms with Gasteiger partial charge in [0.05, 0.1) is 22.0 Å². The van der Waals surface area contributed by atoms with E-state index in [0.29, 0.717) is 27.3 Å². The minimum absolute atomic E-state index is 0.00816. The maximum Gasteiger partial charge on any atom is 0.409 e. The van der Waals surface area contributed by atoms with Gasteiger partial charge in [-0.3, -0.25) is 0 Å². The number of pyridine rings is 1. The molecule has 10 heteroatoms. The summed E-state index contributed by atoms with van der Waals surface area (Å²) in [7, 11) is 3.12. The molecule has 3 aromatic rings. The van der Waals surface area contributed by atoms with Crippen LogP contribution in [0.15, 0.2) is 24.3 Å². The summed E-state index contributed by atoms with van der Waals surface area (Å²) in [6.45, 7) is 1.71. The summed E-state index contributed by atoms with van der Waals surface area (Å²) >= 11 is 1.23. The van der Waals surface area contributed by atoms with Crippen LogP contribution in [0.3, 0.4) is 0 Å². The molecule has 3 rings (SSSR count). The van der Waals surface area contributed by atoms with Gasteiger partial charge in [-0.2, -0.15) is 4.39 Å². The topological polar surface area (TPSA) is 75.5 Å². The van der Waals surface area contributed by atoms with Crippen molar-refractivity contribution >= 4 is 17.4 Å². The second-order valence-electron chi connectivity index (χ2n) is 6.26. The molecular weight excluding hydrogens is 407 g/mol. The molecule has 1 aromatic carbocycles. The molecule has 0 saturated heterocycles. The van der Waals surface area contributed by atoms with Gasteiger partial charge in [0.2, 0.25) is 5.82 Å². The first-order valence-electron chi connectivity index (χ1n) is 8.33. The Kier molecular flexibility index (Phi) is 5.73. The van der Waals surface area contributed by atoms with Crippen LogP contribution in [0.2, 0.25) is 0 Å². The van der Waals surface area contributed by atoms with Crippen LogP contribution in [0, 0.1) is 24.4 Å². The Hall–Kier alpha value is -3.14. The number of aromatic nitrogens is 2. The van der Waals surface area contributed by atoms with Crippen molar-refractivity contribution in [3.8, 4) is 27.6 Å². The fourth-order valence-corrected chi connectivity index (χ4v) is 3.43. The summed E-state index contributed by atoms with van der Waals surface area (Å²) in [5.74, 6) is -5.74. The zero-order chi connectivity index (χ0) is 21.3. The molecule has 0 aliphatic rings. The highest BCUT2D eigenvalue weighted by Gasteiger charge is 2.21. The van der Waals surface area contributed by atoms with E-state index in [9.17, 15) is 23.1 Å². The van der Waals surface area contributed by atoms with E-state index in [-0.39, 0.29) is 12.3 Å². The van der Waals surface area contributed by atoms with Crippen LogP contribution in [0.1, 0.15) is 10.7 Å². The number of aromatic hydroxyl groups is 1. The second kappa shape index (κ2) is 8.08. The summed E-state index contributed by atoms with van der Waals surface area (Å²) in [6, 6.07) is 5.29. The third-order valence-electron chi connectivity index (χ3n) is 3.92. The van der Waals surface area contributed by atoms with Crippen LogP contribution < -0.4 is 0 Å². The van der Waals surface area contributed by atoms with Crippen LogP contribution in [-0.2, 0) is 11.3 Å². The maximum absolute atomic E-state index is 14.2. The van der Waals surface area contributed by atoms with Crippen molar-refractivity contribution < 1.29 is 27.8 Å². The number of ether oxygens (including phenoxy) is 1. The Labute approximate surface area is 168 Å². The van der Waals surface area contributed by atoms with Crippen molar-refractivity contribution in [3.63, 3.8) is 0 Å². The zero-order valence-electron chi connectivity index (χ0n) is 15.7. The maximum atomic E-state index is 14.2. The van der Waals surface area contributed by atoms with Gasteiger partial charge in [-0.25, -0.2) is 23.5 Å². The molecular formula is C19H16F3N3O3S. The van der Waals surface area contributed by atoms with E-state index < -0.39 is 34.9 Å². The molecule has 0 saturated carbocycles. The number of amides is 1. The van der Waals surface area contributed by atoms with E-state index in [1.54, 1.807) is 33.2 Å². The molecule has 0 atom stereocenters. The lowest BCUT2D eigenvalue weighted by Crippen LogP contribution is -2.22. The number of carbonyl (C=O) groups is 1. The van der Waals surface area contributed by atoms with Gasteiger partial charge in [0, 0.05) is 19.7 Å². The third-order valence-corrected chi connectivity index (χ3v) is 5.07. The van der Waals surface area contributed by atoms with Crippen molar-refractivity contribution in [1.29, 1.82) is 0 Å². The number of hydrogen-bond acceptors (Lipinski definition) is 6. The standard InChI is InChI=1S/C19H16F3N3O3S/c1-9-18(29-14(23-9)8-28-19(27)25(2)3)13-6-4-5-12(24-13)10-7-11(20)17(26)16(22)15(10)21/h4-7,26H,8H2,1-3H3. The Balaban J connectivity index is 1.94. The lowest BCUT2D eigenvalue weighted by atomic mass is 10.1. The van der Waals surface area contributed by atoms with E-state index >= 15 is 0 Å². The van der Waals surface area contributed by atoms with Crippen molar-refractivity contribution in [2.75, 3.05) is 14.1 Å². The first kappa shape index (κ1) is 20.6. The van der Waals surface area contributed by atoms with E-state index in [1.165, 1.54) is 22.3 Å². The first-order chi connectivity index (χ1) is 13.7. The van der Waals surface area contributed by atoms with Crippen molar-refractivity contribution in [1.82, 2.24) is 14.9 Å². The Morgan fingerprint density at radius 3 is 2.55 bits per heavy atom. The average Bonchev–Trinajstić information content (AvgIpc) is 3.07. The molecule has 152 valence electrons. The number of carbonyl (C=O) groups excluding carboxylic acids is 1. The Morgan fingerprint density at radius 2 is 1.86 bits per heavy atom. The summed E-state index contributed by atoms with van der Waals surface area (Å²) in [5.41, 5.74) is 0.600. The minimum atomic E-state index is -1.67. The third kappa shape index (κ3) is 4.16. The van der Waals surface area contributed by atoms with Gasteiger partial charge in [0.15, 0.2) is 17.4 Å². The predicted octanol–water partition coefficient (Wildman–Crippen LogP) is 4.50. The fourth-order valence-electron chi connectivity index (χ4n) is 2.49. The zero-order valence-corrected chi connectivity index (χ0v) is 16.5. The molecule has 0 fully saturated rings.